The van der Waals surface area contributed by atoms with E-state index in [0.717, 1.165) is 0 Å². The molecule has 0 heterocycles. The van der Waals surface area contributed by atoms with Crippen molar-refractivity contribution in [2.24, 2.45) is 0 Å². The fourth-order valence-corrected chi connectivity index (χ4v) is 0. The van der Waals surface area contributed by atoms with Crippen LogP contribution in [0.4, 0.5) is 0 Å². The van der Waals surface area contributed by atoms with Crippen molar-refractivity contribution < 1.29 is 38.7 Å². The van der Waals surface area contributed by atoms with Crippen molar-refractivity contribution >= 4 is 7.82 Å². The Morgan fingerprint density at radius 1 is 1.00 bits per heavy atom. The first kappa shape index (κ1) is 23.4. The smallest absolute Gasteiger partial charge is 0.344 e. The van der Waals surface area contributed by atoms with Crippen molar-refractivity contribution in [3.8, 4) is 0 Å². The Labute approximate surface area is 59.5 Å². The molecule has 8 heteroatoms. The minimum Gasteiger partial charge on any atom is -0.344 e. The molecule has 0 amide bonds. The summed E-state index contributed by atoms with van der Waals surface area (Å²) < 4.78 is 8.88. The molecular weight excluding hydrogens is 188 g/mol. The molecule has 0 aliphatic carbocycles. The minimum absolute atomic E-state index is 0. The summed E-state index contributed by atoms with van der Waals surface area (Å²) in [6.07, 6.45) is 0. The molecule has 0 aliphatic heterocycles. The fourth-order valence-electron chi connectivity index (χ4n) is 0. The summed E-state index contributed by atoms with van der Waals surface area (Å²) in [5, 5.41) is 0. The van der Waals surface area contributed by atoms with Crippen LogP contribution in [0.5, 0.6) is 0 Å². The SMILES string of the molecule is N.N.O=P(O)(O)O.[Zn]. The van der Waals surface area contributed by atoms with Gasteiger partial charge in [0, 0.05) is 19.5 Å². The Bertz CT molecular complexity index is 60.2. The second-order valence-electron chi connectivity index (χ2n) is 0.513. The van der Waals surface area contributed by atoms with Crippen LogP contribution in [-0.2, 0) is 24.0 Å². The zero-order valence-electron chi connectivity index (χ0n) is 4.32. The third-order valence-electron chi connectivity index (χ3n) is 0. The van der Waals surface area contributed by atoms with E-state index in [1.807, 2.05) is 0 Å². The molecule has 0 radical (unpaired) electrons. The molecule has 8 heavy (non-hydrogen) atoms. The first-order chi connectivity index (χ1) is 2.00. The second kappa shape index (κ2) is 7.65. The second-order valence-corrected chi connectivity index (χ2v) is 1.54. The van der Waals surface area contributed by atoms with E-state index in [0.29, 0.717) is 0 Å². The zero-order chi connectivity index (χ0) is 4.50. The fraction of sp³-hybridized carbons (Fsp3) is 0. The van der Waals surface area contributed by atoms with Crippen LogP contribution in [0.1, 0.15) is 0 Å². The molecule has 0 saturated heterocycles. The van der Waals surface area contributed by atoms with Gasteiger partial charge in [0.05, 0.1) is 0 Å². The van der Waals surface area contributed by atoms with Crippen molar-refractivity contribution in [2.45, 2.75) is 0 Å². The van der Waals surface area contributed by atoms with Gasteiger partial charge >= 0.3 is 7.82 Å². The summed E-state index contributed by atoms with van der Waals surface area (Å²) in [5.41, 5.74) is 0. The topological polar surface area (TPSA) is 148 Å². The van der Waals surface area contributed by atoms with E-state index in [-0.39, 0.29) is 31.8 Å². The van der Waals surface area contributed by atoms with Crippen molar-refractivity contribution in [1.82, 2.24) is 12.3 Å². The van der Waals surface area contributed by atoms with Crippen LogP contribution in [-0.4, -0.2) is 14.7 Å². The summed E-state index contributed by atoms with van der Waals surface area (Å²) in [5.74, 6) is 0. The maximum absolute atomic E-state index is 8.88. The number of phosphoric acid groups is 1. The van der Waals surface area contributed by atoms with Gasteiger partial charge in [-0.25, -0.2) is 4.57 Å². The Balaban J connectivity index is -0.0000000267. The summed E-state index contributed by atoms with van der Waals surface area (Å²) >= 11 is 0. The molecule has 50 valence electrons. The van der Waals surface area contributed by atoms with Crippen LogP contribution >= 0.6 is 7.82 Å². The summed E-state index contributed by atoms with van der Waals surface area (Å²) in [4.78, 5) is 21.6. The van der Waals surface area contributed by atoms with Gasteiger partial charge in [0.2, 0.25) is 0 Å². The van der Waals surface area contributed by atoms with Gasteiger partial charge in [0.25, 0.3) is 0 Å². The Morgan fingerprint density at radius 3 is 1.00 bits per heavy atom. The van der Waals surface area contributed by atoms with Crippen LogP contribution in [0.2, 0.25) is 0 Å². The van der Waals surface area contributed by atoms with Crippen molar-refractivity contribution in [3.63, 3.8) is 0 Å². The van der Waals surface area contributed by atoms with Crippen molar-refractivity contribution in [1.29, 1.82) is 0 Å². The van der Waals surface area contributed by atoms with Gasteiger partial charge in [-0.3, -0.25) is 0 Å². The number of hydrogen-bond acceptors (Lipinski definition) is 3. The molecule has 0 aliphatic rings. The van der Waals surface area contributed by atoms with E-state index in [1.165, 1.54) is 0 Å². The normalized spacial score (nSPS) is 7.38. The third-order valence-corrected chi connectivity index (χ3v) is 0. The largest absolute Gasteiger partial charge is 0.466 e. The van der Waals surface area contributed by atoms with E-state index in [9.17, 15) is 0 Å². The van der Waals surface area contributed by atoms with E-state index in [2.05, 4.69) is 0 Å². The third kappa shape index (κ3) is 498. The van der Waals surface area contributed by atoms with Gasteiger partial charge in [-0.05, 0) is 0 Å². The molecule has 0 saturated carbocycles. The number of hydrogen-bond donors (Lipinski definition) is 5. The zero-order valence-corrected chi connectivity index (χ0v) is 8.18. The first-order valence-electron chi connectivity index (χ1n) is 0.783. The Morgan fingerprint density at radius 2 is 1.00 bits per heavy atom. The predicted molar refractivity (Wildman–Crippen MR) is 24.3 cm³/mol. The van der Waals surface area contributed by atoms with E-state index in [4.69, 9.17) is 19.2 Å². The molecule has 0 unspecified atom stereocenters. The van der Waals surface area contributed by atoms with E-state index < -0.39 is 7.82 Å². The van der Waals surface area contributed by atoms with Gasteiger partial charge in [-0.15, -0.1) is 0 Å². The van der Waals surface area contributed by atoms with E-state index >= 15 is 0 Å². The molecular formula is H9N2O4PZn. The predicted octanol–water partition coefficient (Wildman–Crippen LogP) is -0.607. The van der Waals surface area contributed by atoms with Crippen molar-refractivity contribution in [2.75, 3.05) is 0 Å². The minimum atomic E-state index is -4.64. The maximum atomic E-state index is 8.88. The van der Waals surface area contributed by atoms with E-state index in [1.54, 1.807) is 0 Å². The van der Waals surface area contributed by atoms with Crippen LogP contribution < -0.4 is 12.3 Å². The molecule has 0 spiro atoms. The van der Waals surface area contributed by atoms with Gasteiger partial charge in [-0.2, -0.15) is 0 Å². The van der Waals surface area contributed by atoms with Gasteiger partial charge in [0.1, 0.15) is 0 Å². The quantitative estimate of drug-likeness (QED) is 0.258. The molecule has 6 nitrogen and oxygen atoms in total. The molecule has 0 aromatic heterocycles. The van der Waals surface area contributed by atoms with Crippen LogP contribution in [0.25, 0.3) is 0 Å². The molecule has 0 fully saturated rings. The summed E-state index contributed by atoms with van der Waals surface area (Å²) in [6, 6.07) is 0. The average Bonchev–Trinajstić information content (AvgIpc) is 0.722. The van der Waals surface area contributed by atoms with Crippen molar-refractivity contribution in [3.05, 3.63) is 0 Å². The Hall–Kier alpha value is 0.653. The standard InChI is InChI=1S/2H3N.H3O4P.Zn/c;;1-5(2,3)4;/h2*1H3;(H3,1,2,3,4);. The molecule has 0 aromatic rings. The van der Waals surface area contributed by atoms with Gasteiger partial charge in [0.15, 0.2) is 0 Å². The molecule has 0 aromatic carbocycles. The summed E-state index contributed by atoms with van der Waals surface area (Å²) in [7, 11) is -4.64. The average molecular weight is 197 g/mol. The molecule has 0 atom stereocenters. The maximum Gasteiger partial charge on any atom is 0.466 e. The number of rotatable bonds is 0. The van der Waals surface area contributed by atoms with Crippen LogP contribution in [0, 0.1) is 0 Å². The van der Waals surface area contributed by atoms with Gasteiger partial charge < -0.3 is 27.0 Å². The van der Waals surface area contributed by atoms with Crippen LogP contribution in [0.3, 0.4) is 0 Å². The Kier molecular flexibility index (Phi) is 22.4. The monoisotopic (exact) mass is 196 g/mol. The summed E-state index contributed by atoms with van der Waals surface area (Å²) in [6.45, 7) is 0. The molecule has 9 N–H and O–H groups in total. The molecule has 0 rings (SSSR count). The van der Waals surface area contributed by atoms with Gasteiger partial charge in [-0.1, -0.05) is 0 Å². The van der Waals surface area contributed by atoms with Crippen LogP contribution in [0.15, 0.2) is 0 Å². The first-order valence-corrected chi connectivity index (χ1v) is 2.35. The molecule has 0 bridgehead atoms.